The van der Waals surface area contributed by atoms with Crippen LogP contribution >= 0.6 is 0 Å². The molecule has 1 saturated carbocycles. The van der Waals surface area contributed by atoms with Crippen LogP contribution in [0.2, 0.25) is 0 Å². The summed E-state index contributed by atoms with van der Waals surface area (Å²) in [6.45, 7) is 4.32. The molecule has 7 heteroatoms. The number of carboxylic acids is 1. The van der Waals surface area contributed by atoms with E-state index < -0.39 is 46.4 Å². The Hall–Kier alpha value is -2.02. The highest BCUT2D eigenvalue weighted by Crippen LogP contribution is 2.58. The van der Waals surface area contributed by atoms with Crippen molar-refractivity contribution >= 4 is 11.9 Å². The summed E-state index contributed by atoms with van der Waals surface area (Å²) in [5.41, 5.74) is -2.56. The zero-order valence-corrected chi connectivity index (χ0v) is 13.1. The van der Waals surface area contributed by atoms with Crippen molar-refractivity contribution in [2.75, 3.05) is 6.54 Å². The Morgan fingerprint density at radius 2 is 1.91 bits per heavy atom. The average Bonchev–Trinajstić information content (AvgIpc) is 2.99. The third-order valence-electron chi connectivity index (χ3n) is 4.49. The second-order valence-electron chi connectivity index (χ2n) is 6.73. The van der Waals surface area contributed by atoms with Gasteiger partial charge in [0, 0.05) is 11.6 Å². The number of carboxylic acid groups (broad SMARTS) is 1. The van der Waals surface area contributed by atoms with Crippen LogP contribution in [0.15, 0.2) is 18.2 Å². The van der Waals surface area contributed by atoms with Gasteiger partial charge in [-0.25, -0.2) is 8.78 Å². The summed E-state index contributed by atoms with van der Waals surface area (Å²) in [5.74, 6) is -4.73. The number of carbonyl (C=O) groups is 2. The SMILES string of the molecule is CC(O)(CNC(=O)[C@@H]1[C@H](C(=O)O)C1(C)C)c1ccc(F)cc1F. The predicted molar refractivity (Wildman–Crippen MR) is 77.3 cm³/mol. The van der Waals surface area contributed by atoms with Crippen LogP contribution in [0, 0.1) is 28.9 Å². The Kier molecular flexibility index (Phi) is 4.19. The number of rotatable bonds is 5. The lowest BCUT2D eigenvalue weighted by Crippen LogP contribution is -2.40. The molecule has 0 heterocycles. The van der Waals surface area contributed by atoms with Gasteiger partial charge in [0.25, 0.3) is 0 Å². The standard InChI is InChI=1S/C16H19F2NO4/c1-15(2)11(12(15)14(21)22)13(20)19-7-16(3,23)9-5-4-8(17)6-10(9)18/h4-6,11-12,23H,7H2,1-3H3,(H,19,20)(H,21,22)/t11-,12+,16?/m0/s1. The van der Waals surface area contributed by atoms with Crippen LogP contribution in [0.25, 0.3) is 0 Å². The van der Waals surface area contributed by atoms with Crippen LogP contribution in [0.5, 0.6) is 0 Å². The molecule has 1 amide bonds. The first-order valence-electron chi connectivity index (χ1n) is 7.17. The van der Waals surface area contributed by atoms with Crippen molar-refractivity contribution in [1.29, 1.82) is 0 Å². The van der Waals surface area contributed by atoms with E-state index in [-0.39, 0.29) is 12.1 Å². The molecule has 1 aliphatic carbocycles. The van der Waals surface area contributed by atoms with E-state index in [9.17, 15) is 23.5 Å². The molecule has 3 N–H and O–H groups in total. The van der Waals surface area contributed by atoms with Crippen molar-refractivity contribution < 1.29 is 28.6 Å². The third kappa shape index (κ3) is 3.19. The molecule has 0 spiro atoms. The molecule has 0 radical (unpaired) electrons. The fourth-order valence-corrected chi connectivity index (χ4v) is 2.98. The van der Waals surface area contributed by atoms with Gasteiger partial charge < -0.3 is 15.5 Å². The molecule has 2 rings (SSSR count). The van der Waals surface area contributed by atoms with E-state index in [2.05, 4.69) is 5.32 Å². The Labute approximate surface area is 132 Å². The van der Waals surface area contributed by atoms with Crippen molar-refractivity contribution in [2.45, 2.75) is 26.4 Å². The number of halogens is 2. The van der Waals surface area contributed by atoms with E-state index in [0.29, 0.717) is 6.07 Å². The minimum absolute atomic E-state index is 0.149. The molecular formula is C16H19F2NO4. The van der Waals surface area contributed by atoms with Gasteiger partial charge in [0.05, 0.1) is 18.4 Å². The fourth-order valence-electron chi connectivity index (χ4n) is 2.98. The van der Waals surface area contributed by atoms with Gasteiger partial charge >= 0.3 is 5.97 Å². The highest BCUT2D eigenvalue weighted by Gasteiger charge is 2.65. The highest BCUT2D eigenvalue weighted by molar-refractivity contribution is 5.91. The quantitative estimate of drug-likeness (QED) is 0.767. The summed E-state index contributed by atoms with van der Waals surface area (Å²) in [6.07, 6.45) is 0. The first kappa shape index (κ1) is 17.3. The zero-order chi connectivity index (χ0) is 17.6. The molecule has 1 fully saturated rings. The van der Waals surface area contributed by atoms with Crippen molar-refractivity contribution in [3.8, 4) is 0 Å². The maximum absolute atomic E-state index is 13.7. The maximum atomic E-state index is 13.7. The van der Waals surface area contributed by atoms with Crippen LogP contribution in [-0.2, 0) is 15.2 Å². The van der Waals surface area contributed by atoms with Crippen LogP contribution in [0.4, 0.5) is 8.78 Å². The summed E-state index contributed by atoms with van der Waals surface area (Å²) in [6, 6.07) is 2.77. The molecule has 0 aromatic heterocycles. The summed E-state index contributed by atoms with van der Waals surface area (Å²) in [5, 5.41) is 21.8. The van der Waals surface area contributed by atoms with Crippen molar-refractivity contribution in [2.24, 2.45) is 17.3 Å². The van der Waals surface area contributed by atoms with E-state index in [0.717, 1.165) is 12.1 Å². The lowest BCUT2D eigenvalue weighted by molar-refractivity contribution is -0.140. The van der Waals surface area contributed by atoms with Crippen LogP contribution in [-0.4, -0.2) is 28.6 Å². The average molecular weight is 327 g/mol. The molecule has 3 atom stereocenters. The van der Waals surface area contributed by atoms with E-state index >= 15 is 0 Å². The number of carbonyl (C=O) groups excluding carboxylic acids is 1. The molecule has 0 saturated heterocycles. The molecule has 23 heavy (non-hydrogen) atoms. The summed E-state index contributed by atoms with van der Waals surface area (Å²) >= 11 is 0. The van der Waals surface area contributed by atoms with Gasteiger partial charge in [-0.2, -0.15) is 0 Å². The lowest BCUT2D eigenvalue weighted by Gasteiger charge is -2.25. The van der Waals surface area contributed by atoms with E-state index in [1.54, 1.807) is 13.8 Å². The minimum atomic E-state index is -1.74. The largest absolute Gasteiger partial charge is 0.481 e. The summed E-state index contributed by atoms with van der Waals surface area (Å²) in [7, 11) is 0. The number of nitrogens with one attached hydrogen (secondary N) is 1. The fraction of sp³-hybridized carbons (Fsp3) is 0.500. The van der Waals surface area contributed by atoms with Gasteiger partial charge in [-0.3, -0.25) is 9.59 Å². The first-order valence-corrected chi connectivity index (χ1v) is 7.17. The van der Waals surface area contributed by atoms with Gasteiger partial charge in [-0.15, -0.1) is 0 Å². The second kappa shape index (κ2) is 5.56. The smallest absolute Gasteiger partial charge is 0.307 e. The molecule has 1 unspecified atom stereocenters. The Bertz CT molecular complexity index is 657. The number of hydrogen-bond donors (Lipinski definition) is 3. The van der Waals surface area contributed by atoms with Crippen LogP contribution < -0.4 is 5.32 Å². The van der Waals surface area contributed by atoms with E-state index in [1.165, 1.54) is 6.92 Å². The number of aliphatic carboxylic acids is 1. The van der Waals surface area contributed by atoms with E-state index in [1.807, 2.05) is 0 Å². The topological polar surface area (TPSA) is 86.6 Å². The molecule has 1 aromatic carbocycles. The van der Waals surface area contributed by atoms with Crippen molar-refractivity contribution in [3.63, 3.8) is 0 Å². The Morgan fingerprint density at radius 1 is 1.30 bits per heavy atom. The molecule has 5 nitrogen and oxygen atoms in total. The molecule has 0 aliphatic heterocycles. The maximum Gasteiger partial charge on any atom is 0.307 e. The van der Waals surface area contributed by atoms with Crippen molar-refractivity contribution in [3.05, 3.63) is 35.4 Å². The third-order valence-corrected chi connectivity index (χ3v) is 4.49. The minimum Gasteiger partial charge on any atom is -0.481 e. The lowest BCUT2D eigenvalue weighted by atomic mass is 9.95. The molecule has 1 aromatic rings. The van der Waals surface area contributed by atoms with Gasteiger partial charge in [0.1, 0.15) is 17.2 Å². The number of aliphatic hydroxyl groups is 1. The normalized spacial score (nSPS) is 24.6. The second-order valence-corrected chi connectivity index (χ2v) is 6.73. The zero-order valence-electron chi connectivity index (χ0n) is 13.1. The first-order chi connectivity index (χ1) is 10.5. The number of hydrogen-bond acceptors (Lipinski definition) is 3. The van der Waals surface area contributed by atoms with E-state index in [4.69, 9.17) is 5.11 Å². The van der Waals surface area contributed by atoms with Crippen LogP contribution in [0.3, 0.4) is 0 Å². The predicted octanol–water partition coefficient (Wildman–Crippen LogP) is 1.65. The molecule has 126 valence electrons. The van der Waals surface area contributed by atoms with Gasteiger partial charge in [-0.1, -0.05) is 19.9 Å². The Morgan fingerprint density at radius 3 is 2.39 bits per heavy atom. The van der Waals surface area contributed by atoms with Crippen LogP contribution in [0.1, 0.15) is 26.3 Å². The Balaban J connectivity index is 2.05. The number of amides is 1. The molecule has 1 aliphatic rings. The van der Waals surface area contributed by atoms with Gasteiger partial charge in [-0.05, 0) is 18.4 Å². The monoisotopic (exact) mass is 327 g/mol. The highest BCUT2D eigenvalue weighted by atomic mass is 19.1. The van der Waals surface area contributed by atoms with Gasteiger partial charge in [0.15, 0.2) is 0 Å². The molecular weight excluding hydrogens is 308 g/mol. The van der Waals surface area contributed by atoms with Gasteiger partial charge in [0.2, 0.25) is 5.91 Å². The molecule has 0 bridgehead atoms. The summed E-state index contributed by atoms with van der Waals surface area (Å²) < 4.78 is 26.7. The van der Waals surface area contributed by atoms with Crippen molar-refractivity contribution in [1.82, 2.24) is 5.32 Å². The number of benzene rings is 1. The summed E-state index contributed by atoms with van der Waals surface area (Å²) in [4.78, 5) is 23.2.